The predicted octanol–water partition coefficient (Wildman–Crippen LogP) is 3.69. The molecule has 1 atom stereocenters. The van der Waals surface area contributed by atoms with E-state index in [9.17, 15) is 0 Å². The van der Waals surface area contributed by atoms with Gasteiger partial charge in [0, 0.05) is 17.6 Å². The molecule has 2 heteroatoms. The first-order valence-corrected chi connectivity index (χ1v) is 6.89. The van der Waals surface area contributed by atoms with Crippen molar-refractivity contribution in [2.24, 2.45) is 5.92 Å². The van der Waals surface area contributed by atoms with Gasteiger partial charge in [-0.25, -0.2) is 0 Å². The fraction of sp³-hybridized carbons (Fsp3) is 0.438. The molecule has 1 saturated carbocycles. The number of benzene rings is 1. The normalized spacial score (nSPS) is 17.6. The zero-order chi connectivity index (χ0) is 12.4. The highest BCUT2D eigenvalue weighted by molar-refractivity contribution is 5.82. The third-order valence-electron chi connectivity index (χ3n) is 4.20. The third kappa shape index (κ3) is 2.13. The lowest BCUT2D eigenvalue weighted by atomic mass is 9.79. The molecule has 0 bridgehead atoms. The van der Waals surface area contributed by atoms with Gasteiger partial charge in [0.15, 0.2) is 0 Å². The van der Waals surface area contributed by atoms with Gasteiger partial charge in [-0.3, -0.25) is 4.98 Å². The second-order valence-corrected chi connectivity index (χ2v) is 5.29. The summed E-state index contributed by atoms with van der Waals surface area (Å²) in [5.74, 6) is 0.911. The largest absolute Gasteiger partial charge is 0.313 e. The highest BCUT2D eigenvalue weighted by Crippen LogP contribution is 2.36. The smallest absolute Gasteiger partial charge is 0.0705 e. The Morgan fingerprint density at radius 1 is 1.28 bits per heavy atom. The molecule has 0 radical (unpaired) electrons. The van der Waals surface area contributed by atoms with E-state index < -0.39 is 0 Å². The van der Waals surface area contributed by atoms with Gasteiger partial charge in [0.2, 0.25) is 0 Å². The van der Waals surface area contributed by atoms with Gasteiger partial charge in [0.25, 0.3) is 0 Å². The molecule has 1 aliphatic carbocycles. The number of fused-ring (bicyclic) bond motifs is 1. The summed E-state index contributed by atoms with van der Waals surface area (Å²) in [5, 5.41) is 4.77. The lowest BCUT2D eigenvalue weighted by Crippen LogP contribution is -2.23. The third-order valence-corrected chi connectivity index (χ3v) is 4.20. The lowest BCUT2D eigenvalue weighted by molar-refractivity contribution is 0.266. The Morgan fingerprint density at radius 2 is 2.11 bits per heavy atom. The van der Waals surface area contributed by atoms with Gasteiger partial charge in [0.05, 0.1) is 5.52 Å². The number of pyridine rings is 1. The number of hydrogen-bond donors (Lipinski definition) is 1. The molecule has 18 heavy (non-hydrogen) atoms. The number of aromatic nitrogens is 1. The van der Waals surface area contributed by atoms with Crippen molar-refractivity contribution < 1.29 is 0 Å². The fourth-order valence-electron chi connectivity index (χ4n) is 2.88. The predicted molar refractivity (Wildman–Crippen MR) is 75.5 cm³/mol. The minimum atomic E-state index is 0.461. The van der Waals surface area contributed by atoms with Crippen LogP contribution in [-0.4, -0.2) is 12.0 Å². The molecule has 0 amide bonds. The van der Waals surface area contributed by atoms with Crippen LogP contribution in [0.1, 0.15) is 37.3 Å². The quantitative estimate of drug-likeness (QED) is 0.881. The van der Waals surface area contributed by atoms with E-state index in [-0.39, 0.29) is 0 Å². The van der Waals surface area contributed by atoms with Crippen molar-refractivity contribution >= 4 is 10.9 Å². The van der Waals surface area contributed by atoms with Crippen LogP contribution in [0.2, 0.25) is 0 Å². The van der Waals surface area contributed by atoms with E-state index >= 15 is 0 Å². The van der Waals surface area contributed by atoms with Gasteiger partial charge in [0.1, 0.15) is 0 Å². The maximum Gasteiger partial charge on any atom is 0.0705 e. The Bertz CT molecular complexity index is 526. The van der Waals surface area contributed by atoms with E-state index in [1.54, 1.807) is 0 Å². The van der Waals surface area contributed by atoms with Crippen LogP contribution in [-0.2, 0) is 0 Å². The molecule has 1 N–H and O–H groups in total. The number of hydrogen-bond acceptors (Lipinski definition) is 2. The minimum Gasteiger partial charge on any atom is -0.313 e. The van der Waals surface area contributed by atoms with Crippen molar-refractivity contribution in [1.82, 2.24) is 10.3 Å². The summed E-state index contributed by atoms with van der Waals surface area (Å²) in [6.45, 7) is 0. The summed E-state index contributed by atoms with van der Waals surface area (Å²) in [5.41, 5.74) is 2.50. The van der Waals surface area contributed by atoms with Crippen LogP contribution < -0.4 is 5.32 Å². The van der Waals surface area contributed by atoms with Gasteiger partial charge >= 0.3 is 0 Å². The monoisotopic (exact) mass is 240 g/mol. The number of para-hydroxylation sites is 1. The summed E-state index contributed by atoms with van der Waals surface area (Å²) in [6, 6.07) is 11.1. The maximum atomic E-state index is 4.44. The summed E-state index contributed by atoms with van der Waals surface area (Å²) < 4.78 is 0. The average Bonchev–Trinajstić information content (AvgIpc) is 2.38. The SMILES string of the molecule is CNC(CC1CCC1)c1ccnc2ccccc12. The Labute approximate surface area is 108 Å². The second kappa shape index (κ2) is 5.07. The zero-order valence-corrected chi connectivity index (χ0v) is 10.9. The first-order chi connectivity index (χ1) is 8.88. The van der Waals surface area contributed by atoms with Crippen molar-refractivity contribution in [2.75, 3.05) is 7.05 Å². The molecule has 0 aliphatic heterocycles. The molecular formula is C16H20N2. The molecule has 1 aromatic carbocycles. The Kier molecular flexibility index (Phi) is 3.28. The topological polar surface area (TPSA) is 24.9 Å². The van der Waals surface area contributed by atoms with E-state index in [1.807, 2.05) is 6.20 Å². The Morgan fingerprint density at radius 3 is 2.83 bits per heavy atom. The molecule has 2 nitrogen and oxygen atoms in total. The average molecular weight is 240 g/mol. The van der Waals surface area contributed by atoms with Crippen LogP contribution in [0.5, 0.6) is 0 Å². The molecule has 2 aromatic rings. The molecule has 1 aliphatic rings. The van der Waals surface area contributed by atoms with Crippen molar-refractivity contribution in [1.29, 1.82) is 0 Å². The molecule has 94 valence electrons. The van der Waals surface area contributed by atoms with Gasteiger partial charge in [-0.2, -0.15) is 0 Å². The molecule has 0 spiro atoms. The summed E-state index contributed by atoms with van der Waals surface area (Å²) in [6.07, 6.45) is 7.41. The molecule has 1 heterocycles. The first kappa shape index (κ1) is 11.7. The second-order valence-electron chi connectivity index (χ2n) is 5.29. The number of nitrogens with one attached hydrogen (secondary N) is 1. The van der Waals surface area contributed by atoms with Crippen LogP contribution in [0, 0.1) is 5.92 Å². The molecule has 1 fully saturated rings. The number of rotatable bonds is 4. The molecule has 0 saturated heterocycles. The molecule has 1 unspecified atom stereocenters. The van der Waals surface area contributed by atoms with Gasteiger partial charge in [-0.15, -0.1) is 0 Å². The van der Waals surface area contributed by atoms with Crippen LogP contribution in [0.4, 0.5) is 0 Å². The Hall–Kier alpha value is -1.41. The number of nitrogens with zero attached hydrogens (tertiary/aromatic N) is 1. The van der Waals surface area contributed by atoms with Crippen LogP contribution in [0.25, 0.3) is 10.9 Å². The van der Waals surface area contributed by atoms with Crippen LogP contribution in [0.3, 0.4) is 0 Å². The van der Waals surface area contributed by atoms with Gasteiger partial charge < -0.3 is 5.32 Å². The summed E-state index contributed by atoms with van der Waals surface area (Å²) in [7, 11) is 2.07. The molecule has 3 rings (SSSR count). The maximum absolute atomic E-state index is 4.44. The van der Waals surface area contributed by atoms with Gasteiger partial charge in [-0.05, 0) is 37.1 Å². The summed E-state index contributed by atoms with van der Waals surface area (Å²) in [4.78, 5) is 4.44. The van der Waals surface area contributed by atoms with E-state index in [2.05, 4.69) is 47.7 Å². The first-order valence-electron chi connectivity index (χ1n) is 6.89. The Balaban J connectivity index is 1.95. The fourth-order valence-corrected chi connectivity index (χ4v) is 2.88. The molecule has 1 aromatic heterocycles. The van der Waals surface area contributed by atoms with Crippen molar-refractivity contribution in [2.45, 2.75) is 31.7 Å². The van der Waals surface area contributed by atoms with E-state index in [0.717, 1.165) is 11.4 Å². The minimum absolute atomic E-state index is 0.461. The summed E-state index contributed by atoms with van der Waals surface area (Å²) >= 11 is 0. The molecular weight excluding hydrogens is 220 g/mol. The van der Waals surface area contributed by atoms with Gasteiger partial charge in [-0.1, -0.05) is 37.5 Å². The van der Waals surface area contributed by atoms with Crippen LogP contribution in [0.15, 0.2) is 36.5 Å². The zero-order valence-electron chi connectivity index (χ0n) is 10.9. The van der Waals surface area contributed by atoms with Crippen LogP contribution >= 0.6 is 0 Å². The standard InChI is InChI=1S/C16H20N2/c1-17-16(11-12-5-4-6-12)14-9-10-18-15-8-3-2-7-13(14)15/h2-3,7-10,12,16-17H,4-6,11H2,1H3. The van der Waals surface area contributed by atoms with Crippen molar-refractivity contribution in [3.8, 4) is 0 Å². The highest BCUT2D eigenvalue weighted by Gasteiger charge is 2.23. The highest BCUT2D eigenvalue weighted by atomic mass is 14.9. The lowest BCUT2D eigenvalue weighted by Gasteiger charge is -2.30. The van der Waals surface area contributed by atoms with E-state index in [4.69, 9.17) is 0 Å². The van der Waals surface area contributed by atoms with Crippen molar-refractivity contribution in [3.05, 3.63) is 42.1 Å². The van der Waals surface area contributed by atoms with E-state index in [1.165, 1.54) is 36.6 Å². The van der Waals surface area contributed by atoms with E-state index in [0.29, 0.717) is 6.04 Å². The van der Waals surface area contributed by atoms with Crippen molar-refractivity contribution in [3.63, 3.8) is 0 Å².